The van der Waals surface area contributed by atoms with Crippen LogP contribution in [0.25, 0.3) is 0 Å². The molecule has 3 rings (SSSR count). The minimum Gasteiger partial charge on any atom is -0.325 e. The zero-order chi connectivity index (χ0) is 18.7. The largest absolute Gasteiger partial charge is 0.325 e. The Morgan fingerprint density at radius 2 is 1.96 bits per heavy atom. The van der Waals surface area contributed by atoms with Gasteiger partial charge in [-0.1, -0.05) is 23.7 Å². The molecule has 0 radical (unpaired) electrons. The van der Waals surface area contributed by atoms with E-state index in [4.69, 9.17) is 11.6 Å². The monoisotopic (exact) mass is 388 g/mol. The molecule has 2 aromatic carbocycles. The van der Waals surface area contributed by atoms with Gasteiger partial charge in [-0.05, 0) is 48.9 Å². The van der Waals surface area contributed by atoms with Gasteiger partial charge in [0.05, 0.1) is 16.7 Å². The van der Waals surface area contributed by atoms with Crippen molar-refractivity contribution in [3.05, 3.63) is 59.1 Å². The van der Waals surface area contributed by atoms with Crippen LogP contribution in [0, 0.1) is 6.92 Å². The summed E-state index contributed by atoms with van der Waals surface area (Å²) in [5.74, 6) is -0.670. The van der Waals surface area contributed by atoms with Gasteiger partial charge in [0.2, 0.25) is 17.7 Å². The standard InChI is InChI=1S/C19H17ClN2O3S/c1-12-3-2-4-14(9-12)21-17(23)11-26-16-10-18(24)22(19(16)25)15-7-5-13(20)6-8-15/h2-9,16H,10-11H2,1H3,(H,21,23). The first-order valence-electron chi connectivity index (χ1n) is 8.04. The van der Waals surface area contributed by atoms with Crippen molar-refractivity contribution in [3.63, 3.8) is 0 Å². The molecule has 3 amide bonds. The number of carbonyl (C=O) groups excluding carboxylic acids is 3. The molecule has 1 saturated heterocycles. The van der Waals surface area contributed by atoms with Crippen LogP contribution in [0.4, 0.5) is 11.4 Å². The number of benzene rings is 2. The summed E-state index contributed by atoms with van der Waals surface area (Å²) in [6, 6.07) is 14.0. The zero-order valence-electron chi connectivity index (χ0n) is 14.1. The maximum absolute atomic E-state index is 12.5. The average Bonchev–Trinajstić information content (AvgIpc) is 2.88. The van der Waals surface area contributed by atoms with E-state index in [0.29, 0.717) is 16.4 Å². The number of carbonyl (C=O) groups is 3. The Morgan fingerprint density at radius 1 is 1.23 bits per heavy atom. The molecular weight excluding hydrogens is 372 g/mol. The van der Waals surface area contributed by atoms with Crippen LogP contribution in [0.1, 0.15) is 12.0 Å². The third-order valence-corrected chi connectivity index (χ3v) is 5.36. The lowest BCUT2D eigenvalue weighted by Crippen LogP contribution is -2.31. The number of thioether (sulfide) groups is 1. The van der Waals surface area contributed by atoms with Gasteiger partial charge < -0.3 is 5.32 Å². The molecule has 0 aliphatic carbocycles. The maximum atomic E-state index is 12.5. The number of nitrogens with zero attached hydrogens (tertiary/aromatic N) is 1. The Bertz CT molecular complexity index is 854. The maximum Gasteiger partial charge on any atom is 0.247 e. The summed E-state index contributed by atoms with van der Waals surface area (Å²) < 4.78 is 0. The number of aryl methyl sites for hydroxylation is 1. The van der Waals surface area contributed by atoms with Crippen LogP contribution in [0.2, 0.25) is 5.02 Å². The van der Waals surface area contributed by atoms with Crippen LogP contribution >= 0.6 is 23.4 Å². The van der Waals surface area contributed by atoms with Crippen LogP contribution in [-0.4, -0.2) is 28.7 Å². The van der Waals surface area contributed by atoms with E-state index in [2.05, 4.69) is 5.32 Å². The van der Waals surface area contributed by atoms with Crippen molar-refractivity contribution >= 4 is 52.5 Å². The zero-order valence-corrected chi connectivity index (χ0v) is 15.6. The smallest absolute Gasteiger partial charge is 0.247 e. The van der Waals surface area contributed by atoms with Crippen molar-refractivity contribution in [2.45, 2.75) is 18.6 Å². The third kappa shape index (κ3) is 4.26. The molecule has 1 heterocycles. The molecular formula is C19H17ClN2O3S. The molecule has 1 aliphatic rings. The first-order valence-corrected chi connectivity index (χ1v) is 9.47. The number of amides is 3. The highest BCUT2D eigenvalue weighted by Crippen LogP contribution is 2.30. The summed E-state index contributed by atoms with van der Waals surface area (Å²) in [5.41, 5.74) is 2.26. The lowest BCUT2D eigenvalue weighted by atomic mass is 10.2. The molecule has 2 aromatic rings. The number of hydrogen-bond donors (Lipinski definition) is 1. The molecule has 1 atom stereocenters. The predicted octanol–water partition coefficient (Wildman–Crippen LogP) is 3.65. The molecule has 0 bridgehead atoms. The molecule has 26 heavy (non-hydrogen) atoms. The number of anilines is 2. The first kappa shape index (κ1) is 18.5. The topological polar surface area (TPSA) is 66.5 Å². The minimum atomic E-state index is -0.554. The molecule has 7 heteroatoms. The fraction of sp³-hybridized carbons (Fsp3) is 0.211. The second kappa shape index (κ2) is 7.93. The van der Waals surface area contributed by atoms with E-state index in [0.717, 1.165) is 10.5 Å². The van der Waals surface area contributed by atoms with E-state index in [1.165, 1.54) is 11.8 Å². The van der Waals surface area contributed by atoms with Crippen LogP contribution in [0.15, 0.2) is 48.5 Å². The highest BCUT2D eigenvalue weighted by molar-refractivity contribution is 8.01. The predicted molar refractivity (Wildman–Crippen MR) is 105 cm³/mol. The van der Waals surface area contributed by atoms with E-state index >= 15 is 0 Å². The summed E-state index contributed by atoms with van der Waals surface area (Å²) in [7, 11) is 0. The highest BCUT2D eigenvalue weighted by atomic mass is 35.5. The Balaban J connectivity index is 1.59. The number of nitrogens with one attached hydrogen (secondary N) is 1. The number of rotatable bonds is 5. The third-order valence-electron chi connectivity index (χ3n) is 3.91. The highest BCUT2D eigenvalue weighted by Gasteiger charge is 2.40. The number of halogens is 1. The van der Waals surface area contributed by atoms with Crippen molar-refractivity contribution in [2.24, 2.45) is 0 Å². The Labute approximate surface area is 160 Å². The van der Waals surface area contributed by atoms with Crippen molar-refractivity contribution in [3.8, 4) is 0 Å². The number of imide groups is 1. The van der Waals surface area contributed by atoms with Crippen molar-refractivity contribution in [2.75, 3.05) is 16.0 Å². The van der Waals surface area contributed by atoms with Gasteiger partial charge in [0.25, 0.3) is 0 Å². The van der Waals surface area contributed by atoms with Crippen LogP contribution < -0.4 is 10.2 Å². The van der Waals surface area contributed by atoms with Gasteiger partial charge in [0.15, 0.2) is 0 Å². The van der Waals surface area contributed by atoms with Crippen molar-refractivity contribution < 1.29 is 14.4 Å². The van der Waals surface area contributed by atoms with E-state index in [9.17, 15) is 14.4 Å². The molecule has 5 nitrogen and oxygen atoms in total. The van der Waals surface area contributed by atoms with Gasteiger partial charge in [0, 0.05) is 17.1 Å². The molecule has 1 N–H and O–H groups in total. The van der Waals surface area contributed by atoms with Gasteiger partial charge >= 0.3 is 0 Å². The van der Waals surface area contributed by atoms with Gasteiger partial charge in [-0.2, -0.15) is 0 Å². The van der Waals surface area contributed by atoms with Crippen LogP contribution in [0.5, 0.6) is 0 Å². The Morgan fingerprint density at radius 3 is 2.65 bits per heavy atom. The Hall–Kier alpha value is -2.31. The van der Waals surface area contributed by atoms with Gasteiger partial charge in [-0.25, -0.2) is 4.90 Å². The molecule has 1 unspecified atom stereocenters. The quantitative estimate of drug-likeness (QED) is 0.794. The fourth-order valence-electron chi connectivity index (χ4n) is 2.69. The first-order chi connectivity index (χ1) is 12.4. The summed E-state index contributed by atoms with van der Waals surface area (Å²) in [4.78, 5) is 38.0. The fourth-order valence-corrected chi connectivity index (χ4v) is 3.75. The molecule has 0 saturated carbocycles. The van der Waals surface area contributed by atoms with Crippen molar-refractivity contribution in [1.29, 1.82) is 0 Å². The lowest BCUT2D eigenvalue weighted by Gasteiger charge is -2.15. The van der Waals surface area contributed by atoms with Crippen LogP contribution in [-0.2, 0) is 14.4 Å². The number of hydrogen-bond acceptors (Lipinski definition) is 4. The van der Waals surface area contributed by atoms with Crippen LogP contribution in [0.3, 0.4) is 0 Å². The summed E-state index contributed by atoms with van der Waals surface area (Å²) in [5, 5.41) is 2.78. The van der Waals surface area contributed by atoms with E-state index in [-0.39, 0.29) is 29.9 Å². The summed E-state index contributed by atoms with van der Waals surface area (Å²) in [6.07, 6.45) is 0.0872. The minimum absolute atomic E-state index is 0.0872. The van der Waals surface area contributed by atoms with Gasteiger partial charge in [0.1, 0.15) is 0 Å². The second-order valence-corrected chi connectivity index (χ2v) is 7.59. The van der Waals surface area contributed by atoms with E-state index in [1.54, 1.807) is 24.3 Å². The van der Waals surface area contributed by atoms with E-state index in [1.807, 2.05) is 31.2 Å². The lowest BCUT2D eigenvalue weighted by molar-refractivity contribution is -0.121. The van der Waals surface area contributed by atoms with Gasteiger partial charge in [-0.3, -0.25) is 14.4 Å². The molecule has 134 valence electrons. The SMILES string of the molecule is Cc1cccc(NC(=O)CSC2CC(=O)N(c3ccc(Cl)cc3)C2=O)c1. The average molecular weight is 389 g/mol. The van der Waals surface area contributed by atoms with Crippen molar-refractivity contribution in [1.82, 2.24) is 0 Å². The van der Waals surface area contributed by atoms with E-state index < -0.39 is 5.25 Å². The Kier molecular flexibility index (Phi) is 5.64. The summed E-state index contributed by atoms with van der Waals surface area (Å²) in [6.45, 7) is 1.94. The summed E-state index contributed by atoms with van der Waals surface area (Å²) >= 11 is 7.02. The molecule has 0 aromatic heterocycles. The molecule has 1 aliphatic heterocycles. The normalized spacial score (nSPS) is 16.8. The van der Waals surface area contributed by atoms with Gasteiger partial charge in [-0.15, -0.1) is 11.8 Å². The molecule has 1 fully saturated rings. The molecule has 0 spiro atoms. The second-order valence-electron chi connectivity index (χ2n) is 5.97.